The highest BCUT2D eigenvalue weighted by atomic mass is 35.5. The molecule has 0 aliphatic heterocycles. The number of rotatable bonds is 4. The molecule has 6 heteroatoms. The zero-order valence-corrected chi connectivity index (χ0v) is 12.8. The average Bonchev–Trinajstić information content (AvgIpc) is 2.89. The first kappa shape index (κ1) is 15.8. The number of nitrogens with two attached hydrogens (primary N) is 1. The van der Waals surface area contributed by atoms with Crippen LogP contribution < -0.4 is 16.4 Å². The lowest BCUT2D eigenvalue weighted by molar-refractivity contribution is -0.121. The van der Waals surface area contributed by atoms with Crippen molar-refractivity contribution in [2.24, 2.45) is 5.73 Å². The van der Waals surface area contributed by atoms with Crippen LogP contribution >= 0.6 is 11.6 Å². The maximum atomic E-state index is 12.3. The predicted octanol–water partition coefficient (Wildman–Crippen LogP) is 2.30. The monoisotopic (exact) mass is 309 g/mol. The summed E-state index contributed by atoms with van der Waals surface area (Å²) >= 11 is 6.02. The van der Waals surface area contributed by atoms with Crippen molar-refractivity contribution in [3.05, 3.63) is 28.8 Å². The Bertz CT molecular complexity index is 554. The zero-order valence-electron chi connectivity index (χ0n) is 12.0. The molecule has 21 heavy (non-hydrogen) atoms. The number of hydrogen-bond acceptors (Lipinski definition) is 3. The molecule has 0 bridgehead atoms. The highest BCUT2D eigenvalue weighted by molar-refractivity contribution is 6.34. The van der Waals surface area contributed by atoms with Gasteiger partial charge in [-0.1, -0.05) is 24.4 Å². The van der Waals surface area contributed by atoms with E-state index in [4.69, 9.17) is 17.3 Å². The van der Waals surface area contributed by atoms with Crippen molar-refractivity contribution in [2.75, 3.05) is 11.9 Å². The number of nitrogens with one attached hydrogen (secondary N) is 2. The van der Waals surface area contributed by atoms with Crippen molar-refractivity contribution < 1.29 is 9.59 Å². The lowest BCUT2D eigenvalue weighted by Crippen LogP contribution is -2.48. The van der Waals surface area contributed by atoms with E-state index in [0.29, 0.717) is 35.7 Å². The fourth-order valence-electron chi connectivity index (χ4n) is 2.52. The summed E-state index contributed by atoms with van der Waals surface area (Å²) in [4.78, 5) is 24.1. The minimum atomic E-state index is -0.800. The number of carbonyl (C=O) groups excluding carboxylic acids is 2. The van der Waals surface area contributed by atoms with Crippen LogP contribution in [-0.2, 0) is 4.79 Å². The second-order valence-electron chi connectivity index (χ2n) is 5.37. The molecule has 0 aromatic heterocycles. The van der Waals surface area contributed by atoms with Crippen LogP contribution in [0.25, 0.3) is 0 Å². The van der Waals surface area contributed by atoms with E-state index in [9.17, 15) is 9.59 Å². The summed E-state index contributed by atoms with van der Waals surface area (Å²) in [6.07, 6.45) is 3.31. The number of amides is 2. The molecule has 1 aromatic rings. The van der Waals surface area contributed by atoms with E-state index in [1.54, 1.807) is 18.2 Å². The molecule has 2 amide bonds. The fraction of sp³-hybridized carbons (Fsp3) is 0.467. The van der Waals surface area contributed by atoms with E-state index in [1.807, 2.05) is 6.92 Å². The number of carbonyl (C=O) groups is 2. The van der Waals surface area contributed by atoms with Gasteiger partial charge in [0.2, 0.25) is 5.91 Å². The second-order valence-corrected chi connectivity index (χ2v) is 5.78. The van der Waals surface area contributed by atoms with E-state index in [0.717, 1.165) is 12.8 Å². The predicted molar refractivity (Wildman–Crippen MR) is 83.5 cm³/mol. The molecule has 2 rings (SSSR count). The molecular weight excluding hydrogens is 290 g/mol. The first-order valence-corrected chi connectivity index (χ1v) is 7.52. The Labute approximate surface area is 129 Å². The van der Waals surface area contributed by atoms with Crippen molar-refractivity contribution in [3.8, 4) is 0 Å². The van der Waals surface area contributed by atoms with Crippen LogP contribution in [0, 0.1) is 0 Å². The summed E-state index contributed by atoms with van der Waals surface area (Å²) in [7, 11) is 0. The first-order valence-electron chi connectivity index (χ1n) is 7.14. The molecule has 5 nitrogen and oxygen atoms in total. The maximum absolute atomic E-state index is 12.3. The third kappa shape index (κ3) is 3.54. The second kappa shape index (κ2) is 6.45. The van der Waals surface area contributed by atoms with Crippen LogP contribution in [0.3, 0.4) is 0 Å². The van der Waals surface area contributed by atoms with Gasteiger partial charge in [-0.05, 0) is 38.0 Å². The van der Waals surface area contributed by atoms with Crippen molar-refractivity contribution in [3.63, 3.8) is 0 Å². The highest BCUT2D eigenvalue weighted by Crippen LogP contribution is 2.29. The summed E-state index contributed by atoms with van der Waals surface area (Å²) < 4.78 is 0. The number of halogens is 1. The van der Waals surface area contributed by atoms with Crippen LogP contribution in [0.5, 0.6) is 0 Å². The molecule has 1 saturated carbocycles. The largest absolute Gasteiger partial charge is 0.352 e. The molecule has 1 aliphatic rings. The Morgan fingerprint density at radius 1 is 1.33 bits per heavy atom. The lowest BCUT2D eigenvalue weighted by Gasteiger charge is -2.22. The Morgan fingerprint density at radius 3 is 2.62 bits per heavy atom. The molecule has 0 saturated heterocycles. The van der Waals surface area contributed by atoms with E-state index >= 15 is 0 Å². The van der Waals surface area contributed by atoms with Crippen molar-refractivity contribution >= 4 is 29.1 Å². The van der Waals surface area contributed by atoms with Gasteiger partial charge in [0.15, 0.2) is 0 Å². The summed E-state index contributed by atoms with van der Waals surface area (Å²) in [5.41, 5.74) is 6.18. The first-order chi connectivity index (χ1) is 9.96. The molecule has 0 unspecified atom stereocenters. The highest BCUT2D eigenvalue weighted by Gasteiger charge is 2.37. The Hall–Kier alpha value is -1.59. The molecule has 1 fully saturated rings. The van der Waals surface area contributed by atoms with E-state index in [1.165, 1.54) is 0 Å². The Balaban J connectivity index is 2.15. The number of anilines is 1. The fourth-order valence-corrected chi connectivity index (χ4v) is 2.72. The maximum Gasteiger partial charge on any atom is 0.252 e. The minimum Gasteiger partial charge on any atom is -0.352 e. The normalized spacial score (nSPS) is 16.5. The van der Waals surface area contributed by atoms with Gasteiger partial charge in [-0.25, -0.2) is 0 Å². The van der Waals surface area contributed by atoms with E-state index in [2.05, 4.69) is 10.6 Å². The van der Waals surface area contributed by atoms with Crippen LogP contribution in [-0.4, -0.2) is 23.9 Å². The summed E-state index contributed by atoms with van der Waals surface area (Å²) in [6.45, 7) is 2.34. The quantitative estimate of drug-likeness (QED) is 0.798. The summed E-state index contributed by atoms with van der Waals surface area (Å²) in [5, 5.41) is 5.82. The minimum absolute atomic E-state index is 0.204. The molecule has 4 N–H and O–H groups in total. The van der Waals surface area contributed by atoms with Gasteiger partial charge in [-0.3, -0.25) is 9.59 Å². The van der Waals surface area contributed by atoms with Crippen LogP contribution in [0.1, 0.15) is 43.0 Å². The molecular formula is C15H20ClN3O2. The summed E-state index contributed by atoms with van der Waals surface area (Å²) in [5.74, 6) is -0.467. The van der Waals surface area contributed by atoms with Gasteiger partial charge in [0.1, 0.15) is 0 Å². The topological polar surface area (TPSA) is 84.2 Å². The van der Waals surface area contributed by atoms with Crippen molar-refractivity contribution in [2.45, 2.75) is 38.1 Å². The molecule has 0 radical (unpaired) electrons. The SMILES string of the molecule is CCNC(=O)c1cc(NC(=O)C2(N)CCCC2)ccc1Cl. The van der Waals surface area contributed by atoms with Gasteiger partial charge >= 0.3 is 0 Å². The smallest absolute Gasteiger partial charge is 0.252 e. The Kier molecular flexibility index (Phi) is 4.85. The van der Waals surface area contributed by atoms with Crippen molar-refractivity contribution in [1.29, 1.82) is 0 Å². The van der Waals surface area contributed by atoms with E-state index < -0.39 is 5.54 Å². The number of benzene rings is 1. The van der Waals surface area contributed by atoms with Gasteiger partial charge in [-0.15, -0.1) is 0 Å². The molecule has 1 aromatic carbocycles. The molecule has 0 atom stereocenters. The number of hydrogen-bond donors (Lipinski definition) is 3. The Morgan fingerprint density at radius 2 is 2.00 bits per heavy atom. The van der Waals surface area contributed by atoms with E-state index in [-0.39, 0.29) is 11.8 Å². The third-order valence-electron chi connectivity index (χ3n) is 3.75. The van der Waals surface area contributed by atoms with Gasteiger partial charge in [0, 0.05) is 12.2 Å². The van der Waals surface area contributed by atoms with Crippen LogP contribution in [0.4, 0.5) is 5.69 Å². The lowest BCUT2D eigenvalue weighted by atomic mass is 9.98. The van der Waals surface area contributed by atoms with Gasteiger partial charge in [-0.2, -0.15) is 0 Å². The van der Waals surface area contributed by atoms with Crippen LogP contribution in [0.15, 0.2) is 18.2 Å². The molecule has 0 heterocycles. The van der Waals surface area contributed by atoms with Crippen molar-refractivity contribution in [1.82, 2.24) is 5.32 Å². The van der Waals surface area contributed by atoms with Gasteiger partial charge in [0.05, 0.1) is 16.1 Å². The molecule has 1 aliphatic carbocycles. The molecule has 0 spiro atoms. The zero-order chi connectivity index (χ0) is 15.5. The van der Waals surface area contributed by atoms with Crippen LogP contribution in [0.2, 0.25) is 5.02 Å². The summed E-state index contributed by atoms with van der Waals surface area (Å²) in [6, 6.07) is 4.84. The molecule has 114 valence electrons. The van der Waals surface area contributed by atoms with Gasteiger partial charge < -0.3 is 16.4 Å². The average molecular weight is 310 g/mol. The standard InChI is InChI=1S/C15H20ClN3O2/c1-2-18-13(20)11-9-10(5-6-12(11)16)19-14(21)15(17)7-3-4-8-15/h5-6,9H,2-4,7-8,17H2,1H3,(H,18,20)(H,19,21). The third-order valence-corrected chi connectivity index (χ3v) is 4.08. The van der Waals surface area contributed by atoms with Gasteiger partial charge in [0.25, 0.3) is 5.91 Å².